The second-order valence-electron chi connectivity index (χ2n) is 4.00. The van der Waals surface area contributed by atoms with Crippen molar-refractivity contribution in [2.45, 2.75) is 19.9 Å². The Labute approximate surface area is 103 Å². The summed E-state index contributed by atoms with van der Waals surface area (Å²) in [5.74, 6) is 0.702. The molecule has 0 amide bonds. The number of nitrogen functional groups attached to an aromatic ring is 1. The smallest absolute Gasteiger partial charge is 0.122 e. The first-order chi connectivity index (χ1) is 7.58. The van der Waals surface area contributed by atoms with Crippen molar-refractivity contribution < 1.29 is 0 Å². The molecule has 0 saturated carbocycles. The normalized spacial score (nSPS) is 11.0. The van der Waals surface area contributed by atoms with Gasteiger partial charge in [-0.25, -0.2) is 4.68 Å². The van der Waals surface area contributed by atoms with Crippen molar-refractivity contribution in [1.29, 1.82) is 0 Å². The molecule has 0 unspecified atom stereocenters. The van der Waals surface area contributed by atoms with Crippen LogP contribution in [0, 0.1) is 0 Å². The third-order valence-corrected chi connectivity index (χ3v) is 2.92. The number of rotatable bonds is 2. The summed E-state index contributed by atoms with van der Waals surface area (Å²) in [4.78, 5) is 0. The zero-order chi connectivity index (χ0) is 11.7. The van der Waals surface area contributed by atoms with Crippen molar-refractivity contribution in [3.05, 3.63) is 34.8 Å². The highest BCUT2D eigenvalue weighted by molar-refractivity contribution is 9.10. The van der Waals surface area contributed by atoms with Crippen molar-refractivity contribution in [1.82, 2.24) is 9.78 Å². The fourth-order valence-corrected chi connectivity index (χ4v) is 1.85. The number of nitrogens with zero attached hydrogens (tertiary/aromatic N) is 2. The second-order valence-corrected chi connectivity index (χ2v) is 4.92. The van der Waals surface area contributed by atoms with Gasteiger partial charge in [-0.05, 0) is 26.0 Å². The molecule has 0 spiro atoms. The molecule has 0 atom stereocenters. The van der Waals surface area contributed by atoms with Crippen LogP contribution < -0.4 is 5.73 Å². The van der Waals surface area contributed by atoms with Crippen LogP contribution in [0.15, 0.2) is 34.8 Å². The van der Waals surface area contributed by atoms with Gasteiger partial charge in [-0.3, -0.25) is 0 Å². The lowest BCUT2D eigenvalue weighted by Gasteiger charge is -2.06. The van der Waals surface area contributed by atoms with Crippen LogP contribution in [0.4, 0.5) is 5.82 Å². The first-order valence-electron chi connectivity index (χ1n) is 5.19. The highest BCUT2D eigenvalue weighted by Gasteiger charge is 2.08. The zero-order valence-electron chi connectivity index (χ0n) is 9.31. The van der Waals surface area contributed by atoms with Crippen molar-refractivity contribution in [3.8, 4) is 11.3 Å². The first kappa shape index (κ1) is 11.2. The highest BCUT2D eigenvalue weighted by Crippen LogP contribution is 2.24. The van der Waals surface area contributed by atoms with Crippen LogP contribution >= 0.6 is 15.9 Å². The predicted octanol–water partition coefficient (Wildman–Crippen LogP) is 3.48. The van der Waals surface area contributed by atoms with Gasteiger partial charge in [0.25, 0.3) is 0 Å². The molecule has 1 aromatic heterocycles. The average molecular weight is 280 g/mol. The van der Waals surface area contributed by atoms with Gasteiger partial charge in [-0.1, -0.05) is 28.1 Å². The quantitative estimate of drug-likeness (QED) is 0.915. The van der Waals surface area contributed by atoms with E-state index < -0.39 is 0 Å². The van der Waals surface area contributed by atoms with Crippen LogP contribution in [0.5, 0.6) is 0 Å². The Morgan fingerprint density at radius 3 is 2.38 bits per heavy atom. The molecule has 2 rings (SSSR count). The lowest BCUT2D eigenvalue weighted by molar-refractivity contribution is 0.542. The van der Waals surface area contributed by atoms with E-state index >= 15 is 0 Å². The number of benzene rings is 1. The fourth-order valence-electron chi connectivity index (χ4n) is 1.58. The third kappa shape index (κ3) is 2.11. The van der Waals surface area contributed by atoms with E-state index in [1.165, 1.54) is 0 Å². The van der Waals surface area contributed by atoms with Gasteiger partial charge >= 0.3 is 0 Å². The summed E-state index contributed by atoms with van der Waals surface area (Å²) in [5, 5.41) is 4.49. The van der Waals surface area contributed by atoms with E-state index in [0.717, 1.165) is 15.7 Å². The average Bonchev–Trinajstić information content (AvgIpc) is 2.61. The Balaban J connectivity index is 2.41. The third-order valence-electron chi connectivity index (χ3n) is 2.39. The summed E-state index contributed by atoms with van der Waals surface area (Å²) >= 11 is 3.41. The maximum Gasteiger partial charge on any atom is 0.122 e. The number of hydrogen-bond acceptors (Lipinski definition) is 2. The molecular formula is C12H14BrN3. The van der Waals surface area contributed by atoms with Gasteiger partial charge < -0.3 is 5.73 Å². The Kier molecular flexibility index (Phi) is 3.01. The van der Waals surface area contributed by atoms with Crippen LogP contribution in [-0.2, 0) is 0 Å². The van der Waals surface area contributed by atoms with Gasteiger partial charge in [0.2, 0.25) is 0 Å². The molecule has 3 nitrogen and oxygen atoms in total. The molecule has 0 bridgehead atoms. The number of nitrogens with two attached hydrogens (primary N) is 1. The Hall–Kier alpha value is -1.29. The van der Waals surface area contributed by atoms with Gasteiger partial charge in [0.05, 0.1) is 5.69 Å². The van der Waals surface area contributed by atoms with Crippen molar-refractivity contribution in [2.75, 3.05) is 5.73 Å². The maximum atomic E-state index is 5.90. The van der Waals surface area contributed by atoms with E-state index in [9.17, 15) is 0 Å². The number of halogens is 1. The zero-order valence-corrected chi connectivity index (χ0v) is 10.9. The van der Waals surface area contributed by atoms with Gasteiger partial charge in [0.15, 0.2) is 0 Å². The molecule has 84 valence electrons. The van der Waals surface area contributed by atoms with Crippen LogP contribution in [-0.4, -0.2) is 9.78 Å². The lowest BCUT2D eigenvalue weighted by atomic mass is 10.2. The number of hydrogen-bond donors (Lipinski definition) is 1. The SMILES string of the molecule is CC(C)n1nc(-c2ccc(Br)cc2)cc1N. The minimum atomic E-state index is 0.282. The Morgan fingerprint density at radius 1 is 1.25 bits per heavy atom. The molecule has 16 heavy (non-hydrogen) atoms. The molecule has 0 fully saturated rings. The van der Waals surface area contributed by atoms with Crippen LogP contribution in [0.2, 0.25) is 0 Å². The molecule has 2 aromatic rings. The van der Waals surface area contributed by atoms with Crippen molar-refractivity contribution in [3.63, 3.8) is 0 Å². The number of anilines is 1. The van der Waals surface area contributed by atoms with E-state index in [0.29, 0.717) is 5.82 Å². The summed E-state index contributed by atoms with van der Waals surface area (Å²) in [7, 11) is 0. The Bertz CT molecular complexity index is 485. The molecule has 0 aliphatic rings. The summed E-state index contributed by atoms with van der Waals surface area (Å²) in [6.45, 7) is 4.13. The van der Waals surface area contributed by atoms with E-state index in [4.69, 9.17) is 5.73 Å². The summed E-state index contributed by atoms with van der Waals surface area (Å²) in [6.07, 6.45) is 0. The highest BCUT2D eigenvalue weighted by atomic mass is 79.9. The Morgan fingerprint density at radius 2 is 1.88 bits per heavy atom. The molecule has 1 aromatic carbocycles. The molecule has 1 heterocycles. The lowest BCUT2D eigenvalue weighted by Crippen LogP contribution is -2.06. The molecule has 0 saturated heterocycles. The molecular weight excluding hydrogens is 266 g/mol. The molecule has 0 aliphatic carbocycles. The van der Waals surface area contributed by atoms with E-state index in [1.54, 1.807) is 0 Å². The molecule has 0 aliphatic heterocycles. The van der Waals surface area contributed by atoms with Crippen LogP contribution in [0.1, 0.15) is 19.9 Å². The van der Waals surface area contributed by atoms with E-state index in [2.05, 4.69) is 34.9 Å². The van der Waals surface area contributed by atoms with Gasteiger partial charge in [0, 0.05) is 22.1 Å². The molecule has 4 heteroatoms. The largest absolute Gasteiger partial charge is 0.384 e. The topological polar surface area (TPSA) is 43.8 Å². The first-order valence-corrected chi connectivity index (χ1v) is 5.98. The van der Waals surface area contributed by atoms with Crippen LogP contribution in [0.25, 0.3) is 11.3 Å². The van der Waals surface area contributed by atoms with Crippen molar-refractivity contribution in [2.24, 2.45) is 0 Å². The van der Waals surface area contributed by atoms with E-state index in [1.807, 2.05) is 35.0 Å². The minimum Gasteiger partial charge on any atom is -0.384 e. The fraction of sp³-hybridized carbons (Fsp3) is 0.250. The van der Waals surface area contributed by atoms with Gasteiger partial charge in [0.1, 0.15) is 5.82 Å². The van der Waals surface area contributed by atoms with Crippen LogP contribution in [0.3, 0.4) is 0 Å². The summed E-state index contributed by atoms with van der Waals surface area (Å²) < 4.78 is 2.89. The molecule has 2 N–H and O–H groups in total. The summed E-state index contributed by atoms with van der Waals surface area (Å²) in [5.41, 5.74) is 7.89. The monoisotopic (exact) mass is 279 g/mol. The predicted molar refractivity (Wildman–Crippen MR) is 70.2 cm³/mol. The second kappa shape index (κ2) is 4.29. The maximum absolute atomic E-state index is 5.90. The van der Waals surface area contributed by atoms with Gasteiger partial charge in [-0.15, -0.1) is 0 Å². The van der Waals surface area contributed by atoms with E-state index in [-0.39, 0.29) is 6.04 Å². The van der Waals surface area contributed by atoms with Crippen molar-refractivity contribution >= 4 is 21.7 Å². The molecule has 0 radical (unpaired) electrons. The standard InChI is InChI=1S/C12H14BrN3/c1-8(2)16-12(14)7-11(15-16)9-3-5-10(13)6-4-9/h3-8H,14H2,1-2H3. The summed E-state index contributed by atoms with van der Waals surface area (Å²) in [6, 6.07) is 10.2. The minimum absolute atomic E-state index is 0.282. The number of aromatic nitrogens is 2. The van der Waals surface area contributed by atoms with Gasteiger partial charge in [-0.2, -0.15) is 5.10 Å².